The van der Waals surface area contributed by atoms with Gasteiger partial charge in [-0.3, -0.25) is 0 Å². The van der Waals surface area contributed by atoms with Crippen LogP contribution >= 0.6 is 0 Å². The molecule has 1 aromatic rings. The number of benzene rings is 1. The summed E-state index contributed by atoms with van der Waals surface area (Å²) in [5, 5.41) is 0. The van der Waals surface area contributed by atoms with Crippen LogP contribution in [-0.4, -0.2) is 6.54 Å². The van der Waals surface area contributed by atoms with E-state index in [1.807, 2.05) is 0 Å². The minimum absolute atomic E-state index is 0.351. The van der Waals surface area contributed by atoms with Gasteiger partial charge in [-0.25, -0.2) is 0 Å². The summed E-state index contributed by atoms with van der Waals surface area (Å²) >= 11 is 0. The Morgan fingerprint density at radius 2 is 1.85 bits per heavy atom. The minimum Gasteiger partial charge on any atom is -0.330 e. The molecule has 1 aliphatic rings. The first-order valence-electron chi connectivity index (χ1n) is 8.26. The lowest BCUT2D eigenvalue weighted by atomic mass is 9.65. The number of hydrogen-bond acceptors (Lipinski definition) is 1. The molecule has 2 atom stereocenters. The predicted molar refractivity (Wildman–Crippen MR) is 88.1 cm³/mol. The second kappa shape index (κ2) is 6.30. The normalized spacial score (nSPS) is 26.8. The summed E-state index contributed by atoms with van der Waals surface area (Å²) < 4.78 is 0. The molecule has 2 unspecified atom stereocenters. The van der Waals surface area contributed by atoms with Gasteiger partial charge in [0.15, 0.2) is 0 Å². The van der Waals surface area contributed by atoms with E-state index in [9.17, 15) is 0 Å². The maximum Gasteiger partial charge on any atom is -0.00172 e. The average Bonchev–Trinajstić information content (AvgIpc) is 2.43. The second-order valence-corrected chi connectivity index (χ2v) is 7.13. The van der Waals surface area contributed by atoms with Gasteiger partial charge in [0.05, 0.1) is 0 Å². The van der Waals surface area contributed by atoms with Crippen molar-refractivity contribution in [2.75, 3.05) is 6.54 Å². The van der Waals surface area contributed by atoms with Gasteiger partial charge in [0, 0.05) is 0 Å². The highest BCUT2D eigenvalue weighted by molar-refractivity contribution is 5.38. The molecule has 0 saturated heterocycles. The molecule has 1 nitrogen and oxygen atoms in total. The quantitative estimate of drug-likeness (QED) is 0.845. The standard InChI is InChI=1S/C19H31N/c1-5-17-7-6-8-19(11-17,13-20)12-18-15(3)9-14(2)10-16(18)4/h9-10,17H,5-8,11-13,20H2,1-4H3. The van der Waals surface area contributed by atoms with Gasteiger partial charge in [-0.1, -0.05) is 43.9 Å². The zero-order chi connectivity index (χ0) is 14.8. The molecule has 1 aliphatic carbocycles. The van der Waals surface area contributed by atoms with Crippen LogP contribution in [0.3, 0.4) is 0 Å². The molecule has 0 bridgehead atoms. The molecule has 2 N–H and O–H groups in total. The summed E-state index contributed by atoms with van der Waals surface area (Å²) in [6, 6.07) is 4.65. The fraction of sp³-hybridized carbons (Fsp3) is 0.684. The van der Waals surface area contributed by atoms with Crippen molar-refractivity contribution in [3.05, 3.63) is 34.4 Å². The molecule has 0 aromatic heterocycles. The number of hydrogen-bond donors (Lipinski definition) is 1. The van der Waals surface area contributed by atoms with Gasteiger partial charge in [0.2, 0.25) is 0 Å². The third-order valence-corrected chi connectivity index (χ3v) is 5.44. The number of aryl methyl sites for hydroxylation is 3. The Morgan fingerprint density at radius 1 is 1.20 bits per heavy atom. The van der Waals surface area contributed by atoms with Gasteiger partial charge >= 0.3 is 0 Å². The van der Waals surface area contributed by atoms with Crippen LogP contribution in [0.4, 0.5) is 0 Å². The summed E-state index contributed by atoms with van der Waals surface area (Å²) in [6.45, 7) is 9.89. The van der Waals surface area contributed by atoms with Crippen LogP contribution in [0.1, 0.15) is 61.3 Å². The lowest BCUT2D eigenvalue weighted by molar-refractivity contribution is 0.142. The van der Waals surface area contributed by atoms with Gasteiger partial charge in [0.25, 0.3) is 0 Å². The summed E-state index contributed by atoms with van der Waals surface area (Å²) in [4.78, 5) is 0. The van der Waals surface area contributed by atoms with Crippen LogP contribution in [-0.2, 0) is 6.42 Å². The van der Waals surface area contributed by atoms with Crippen LogP contribution in [0.2, 0.25) is 0 Å². The first-order valence-corrected chi connectivity index (χ1v) is 8.26. The van der Waals surface area contributed by atoms with E-state index < -0.39 is 0 Å². The van der Waals surface area contributed by atoms with E-state index in [0.29, 0.717) is 5.41 Å². The summed E-state index contributed by atoms with van der Waals surface area (Å²) in [6.07, 6.45) is 7.90. The van der Waals surface area contributed by atoms with Crippen LogP contribution in [0.5, 0.6) is 0 Å². The molecular weight excluding hydrogens is 242 g/mol. The number of nitrogens with two attached hydrogens (primary N) is 1. The SMILES string of the molecule is CCC1CCCC(CN)(Cc2c(C)cc(C)cc2C)C1. The largest absolute Gasteiger partial charge is 0.330 e. The minimum atomic E-state index is 0.351. The van der Waals surface area contributed by atoms with Crippen molar-refractivity contribution in [1.29, 1.82) is 0 Å². The summed E-state index contributed by atoms with van der Waals surface area (Å²) in [5.74, 6) is 0.887. The monoisotopic (exact) mass is 273 g/mol. The van der Waals surface area contributed by atoms with Gasteiger partial charge in [-0.05, 0) is 74.6 Å². The van der Waals surface area contributed by atoms with Crippen molar-refractivity contribution in [3.63, 3.8) is 0 Å². The topological polar surface area (TPSA) is 26.0 Å². The van der Waals surface area contributed by atoms with E-state index in [-0.39, 0.29) is 0 Å². The molecule has 20 heavy (non-hydrogen) atoms. The zero-order valence-corrected chi connectivity index (χ0v) is 13.8. The van der Waals surface area contributed by atoms with Crippen molar-refractivity contribution < 1.29 is 0 Å². The van der Waals surface area contributed by atoms with Crippen LogP contribution in [0, 0.1) is 32.1 Å². The van der Waals surface area contributed by atoms with Crippen LogP contribution < -0.4 is 5.73 Å². The number of rotatable bonds is 4. The van der Waals surface area contributed by atoms with Crippen molar-refractivity contribution in [2.24, 2.45) is 17.1 Å². The molecule has 2 rings (SSSR count). The van der Waals surface area contributed by atoms with E-state index in [1.54, 1.807) is 5.56 Å². The molecule has 0 aliphatic heterocycles. The molecular formula is C19H31N. The van der Waals surface area contributed by atoms with E-state index >= 15 is 0 Å². The molecule has 1 heteroatoms. The maximum absolute atomic E-state index is 6.23. The Bertz CT molecular complexity index is 440. The molecule has 1 saturated carbocycles. The fourth-order valence-corrected chi connectivity index (χ4v) is 4.21. The Hall–Kier alpha value is -0.820. The lowest BCUT2D eigenvalue weighted by Gasteiger charge is -2.41. The first-order chi connectivity index (χ1) is 9.49. The predicted octanol–water partition coefficient (Wildman–Crippen LogP) is 4.70. The Kier molecular flexibility index (Phi) is 4.90. The van der Waals surface area contributed by atoms with Crippen molar-refractivity contribution >= 4 is 0 Å². The highest BCUT2D eigenvalue weighted by atomic mass is 14.6. The summed E-state index contributed by atoms with van der Waals surface area (Å²) in [7, 11) is 0. The maximum atomic E-state index is 6.23. The van der Waals surface area contributed by atoms with Crippen LogP contribution in [0.15, 0.2) is 12.1 Å². The van der Waals surface area contributed by atoms with Crippen molar-refractivity contribution in [2.45, 2.75) is 66.2 Å². The van der Waals surface area contributed by atoms with E-state index in [2.05, 4.69) is 39.8 Å². The smallest absolute Gasteiger partial charge is 0.00172 e. The third-order valence-electron chi connectivity index (χ3n) is 5.44. The Morgan fingerprint density at radius 3 is 2.40 bits per heavy atom. The summed E-state index contributed by atoms with van der Waals surface area (Å²) in [5.41, 5.74) is 12.4. The zero-order valence-electron chi connectivity index (χ0n) is 13.8. The van der Waals surface area contributed by atoms with E-state index in [1.165, 1.54) is 55.2 Å². The third kappa shape index (κ3) is 3.25. The van der Waals surface area contributed by atoms with Gasteiger partial charge in [-0.2, -0.15) is 0 Å². The van der Waals surface area contributed by atoms with Crippen LogP contribution in [0.25, 0.3) is 0 Å². The molecule has 1 fully saturated rings. The first kappa shape index (κ1) is 15.6. The molecule has 0 amide bonds. The molecule has 0 radical (unpaired) electrons. The molecule has 1 aromatic carbocycles. The van der Waals surface area contributed by atoms with E-state index in [4.69, 9.17) is 5.73 Å². The molecule has 0 spiro atoms. The highest BCUT2D eigenvalue weighted by Gasteiger charge is 2.35. The Balaban J connectivity index is 2.26. The van der Waals surface area contributed by atoms with Gasteiger partial charge in [0.1, 0.15) is 0 Å². The van der Waals surface area contributed by atoms with Gasteiger partial charge < -0.3 is 5.73 Å². The fourth-order valence-electron chi connectivity index (χ4n) is 4.21. The average molecular weight is 273 g/mol. The van der Waals surface area contributed by atoms with Crippen molar-refractivity contribution in [1.82, 2.24) is 0 Å². The second-order valence-electron chi connectivity index (χ2n) is 7.13. The van der Waals surface area contributed by atoms with Gasteiger partial charge in [-0.15, -0.1) is 0 Å². The highest BCUT2D eigenvalue weighted by Crippen LogP contribution is 2.43. The molecule has 112 valence electrons. The van der Waals surface area contributed by atoms with E-state index in [0.717, 1.165) is 12.5 Å². The molecule has 0 heterocycles. The lowest BCUT2D eigenvalue weighted by Crippen LogP contribution is -2.38. The Labute approximate surface area is 125 Å². The van der Waals surface area contributed by atoms with Crippen molar-refractivity contribution in [3.8, 4) is 0 Å².